The number of aromatic nitrogens is 3. The minimum absolute atomic E-state index is 0.00428. The van der Waals surface area contributed by atoms with Crippen molar-refractivity contribution in [2.75, 3.05) is 32.4 Å². The predicted molar refractivity (Wildman–Crippen MR) is 71.8 cm³/mol. The maximum atomic E-state index is 11.9. The molecule has 0 atom stereocenters. The van der Waals surface area contributed by atoms with Gasteiger partial charge in [-0.05, 0) is 12.8 Å². The van der Waals surface area contributed by atoms with Crippen molar-refractivity contribution in [2.45, 2.75) is 18.9 Å². The first-order valence-corrected chi connectivity index (χ1v) is 6.50. The lowest BCUT2D eigenvalue weighted by atomic mass is 10.0. The van der Waals surface area contributed by atoms with Gasteiger partial charge in [-0.1, -0.05) is 0 Å². The third kappa shape index (κ3) is 3.67. The van der Waals surface area contributed by atoms with Gasteiger partial charge in [-0.25, -0.2) is 0 Å². The number of nitrogens with zero attached hydrogens (tertiary/aromatic N) is 3. The third-order valence-corrected chi connectivity index (χ3v) is 3.29. The predicted octanol–water partition coefficient (Wildman–Crippen LogP) is -1.67. The number of likely N-dealkylation sites (N-methyl/N-ethyl adjacent to an activating group) is 1. The van der Waals surface area contributed by atoms with Crippen molar-refractivity contribution < 1.29 is 9.59 Å². The number of nitrogens with two attached hydrogens (primary N) is 1. The maximum absolute atomic E-state index is 11.9. The van der Waals surface area contributed by atoms with E-state index in [9.17, 15) is 9.59 Å². The molecule has 2 amide bonds. The zero-order valence-electron chi connectivity index (χ0n) is 11.3. The van der Waals surface area contributed by atoms with Gasteiger partial charge in [0.2, 0.25) is 17.7 Å². The summed E-state index contributed by atoms with van der Waals surface area (Å²) in [5.74, 6) is -0.130. The minimum Gasteiger partial charge on any atom is -0.366 e. The minimum atomic E-state index is -0.307. The van der Waals surface area contributed by atoms with Crippen LogP contribution in [0.15, 0.2) is 0 Å². The number of carbonyl (C=O) groups is 2. The number of likely N-dealkylation sites (tertiary alicyclic amines) is 1. The molecule has 2 rings (SSSR count). The average Bonchev–Trinajstić information content (AvgIpc) is 2.87. The molecule has 0 aromatic carbocycles. The van der Waals surface area contributed by atoms with Crippen LogP contribution in [0.4, 0.5) is 5.95 Å². The van der Waals surface area contributed by atoms with Crippen LogP contribution in [0.1, 0.15) is 23.5 Å². The summed E-state index contributed by atoms with van der Waals surface area (Å²) in [6, 6.07) is 0.0785. The molecule has 5 N–H and O–H groups in total. The maximum Gasteiger partial charge on any atom is 0.288 e. The molecule has 0 radical (unpaired) electrons. The highest BCUT2D eigenvalue weighted by atomic mass is 16.2. The van der Waals surface area contributed by atoms with Crippen LogP contribution in [0.3, 0.4) is 0 Å². The summed E-state index contributed by atoms with van der Waals surface area (Å²) in [5.41, 5.74) is 5.35. The number of hydrogen-bond donors (Lipinski definition) is 4. The summed E-state index contributed by atoms with van der Waals surface area (Å²) in [6.45, 7) is 1.95. The van der Waals surface area contributed by atoms with Crippen molar-refractivity contribution in [2.24, 2.45) is 0 Å². The van der Waals surface area contributed by atoms with Gasteiger partial charge in [0.15, 0.2) is 0 Å². The summed E-state index contributed by atoms with van der Waals surface area (Å²) >= 11 is 0. The van der Waals surface area contributed by atoms with Crippen molar-refractivity contribution in [1.29, 1.82) is 0 Å². The fourth-order valence-electron chi connectivity index (χ4n) is 2.15. The van der Waals surface area contributed by atoms with Gasteiger partial charge in [-0.2, -0.15) is 4.98 Å². The molecule has 0 aliphatic carbocycles. The van der Waals surface area contributed by atoms with E-state index in [1.165, 1.54) is 0 Å². The first-order valence-electron chi connectivity index (χ1n) is 6.50. The Morgan fingerprint density at radius 3 is 2.70 bits per heavy atom. The van der Waals surface area contributed by atoms with E-state index in [4.69, 9.17) is 5.73 Å². The lowest BCUT2D eigenvalue weighted by molar-refractivity contribution is -0.122. The quantitative estimate of drug-likeness (QED) is 0.522. The lowest BCUT2D eigenvalue weighted by Crippen LogP contribution is -2.47. The molecule has 1 aromatic heterocycles. The molecule has 0 saturated carbocycles. The largest absolute Gasteiger partial charge is 0.366 e. The summed E-state index contributed by atoms with van der Waals surface area (Å²) < 4.78 is 0. The molecular formula is C11H19N7O2. The van der Waals surface area contributed by atoms with Crippen molar-refractivity contribution in [1.82, 2.24) is 30.7 Å². The van der Waals surface area contributed by atoms with E-state index in [-0.39, 0.29) is 29.6 Å². The summed E-state index contributed by atoms with van der Waals surface area (Å²) in [4.78, 5) is 29.0. The number of nitrogens with one attached hydrogen (secondary N) is 3. The van der Waals surface area contributed by atoms with E-state index in [2.05, 4.69) is 30.7 Å². The number of amides is 2. The van der Waals surface area contributed by atoms with E-state index in [0.29, 0.717) is 6.54 Å². The van der Waals surface area contributed by atoms with Crippen LogP contribution in [0.25, 0.3) is 0 Å². The number of anilines is 1. The molecule has 1 fully saturated rings. The zero-order chi connectivity index (χ0) is 14.5. The van der Waals surface area contributed by atoms with Crippen LogP contribution in [-0.2, 0) is 4.79 Å². The molecule has 110 valence electrons. The molecular weight excluding hydrogens is 262 g/mol. The van der Waals surface area contributed by atoms with Crippen LogP contribution in [0.2, 0.25) is 0 Å². The Kier molecular flexibility index (Phi) is 4.51. The van der Waals surface area contributed by atoms with Gasteiger partial charge in [0.25, 0.3) is 5.91 Å². The van der Waals surface area contributed by atoms with Gasteiger partial charge in [0, 0.05) is 26.2 Å². The Labute approximate surface area is 116 Å². The highest BCUT2D eigenvalue weighted by Crippen LogP contribution is 2.10. The Hall–Kier alpha value is -2.16. The van der Waals surface area contributed by atoms with E-state index >= 15 is 0 Å². The number of rotatable bonds is 4. The van der Waals surface area contributed by atoms with Gasteiger partial charge < -0.3 is 16.4 Å². The second kappa shape index (κ2) is 6.33. The van der Waals surface area contributed by atoms with E-state index < -0.39 is 0 Å². The van der Waals surface area contributed by atoms with E-state index in [0.717, 1.165) is 25.9 Å². The van der Waals surface area contributed by atoms with Gasteiger partial charge in [0.1, 0.15) is 0 Å². The van der Waals surface area contributed by atoms with Crippen LogP contribution >= 0.6 is 0 Å². The third-order valence-electron chi connectivity index (χ3n) is 3.29. The van der Waals surface area contributed by atoms with Crippen LogP contribution in [-0.4, -0.2) is 64.6 Å². The fraction of sp³-hybridized carbons (Fsp3) is 0.636. The van der Waals surface area contributed by atoms with Crippen molar-refractivity contribution in [3.8, 4) is 0 Å². The van der Waals surface area contributed by atoms with Gasteiger partial charge in [0.05, 0.1) is 6.54 Å². The Balaban J connectivity index is 1.77. The fourth-order valence-corrected chi connectivity index (χ4v) is 2.15. The Bertz CT molecular complexity index is 479. The molecule has 1 aliphatic heterocycles. The summed E-state index contributed by atoms with van der Waals surface area (Å²) in [5, 5.41) is 11.6. The van der Waals surface area contributed by atoms with Crippen molar-refractivity contribution in [3.63, 3.8) is 0 Å². The molecule has 9 heteroatoms. The van der Waals surface area contributed by atoms with Crippen LogP contribution in [0, 0.1) is 0 Å². The molecule has 0 bridgehead atoms. The van der Waals surface area contributed by atoms with Crippen LogP contribution in [0.5, 0.6) is 0 Å². The number of piperidine rings is 1. The highest BCUT2D eigenvalue weighted by Gasteiger charge is 2.23. The zero-order valence-corrected chi connectivity index (χ0v) is 11.3. The first kappa shape index (κ1) is 14.3. The number of aromatic amines is 1. The van der Waals surface area contributed by atoms with Crippen molar-refractivity contribution >= 4 is 17.8 Å². The Morgan fingerprint density at radius 1 is 1.45 bits per heavy atom. The standard InChI is InChI=1S/C11H19N7O2/c1-13-8(19)6-18-4-2-7(3-5-18)14-10(20)9-15-11(12)17-16-9/h7H,2-6H2,1H3,(H,13,19)(H,14,20)(H3,12,15,16,17). The summed E-state index contributed by atoms with van der Waals surface area (Å²) in [7, 11) is 1.62. The van der Waals surface area contributed by atoms with Crippen LogP contribution < -0.4 is 16.4 Å². The number of carbonyl (C=O) groups excluding carboxylic acids is 2. The number of H-pyrrole nitrogens is 1. The second-order valence-electron chi connectivity index (χ2n) is 4.74. The SMILES string of the molecule is CNC(=O)CN1CCC(NC(=O)c2nc(N)n[nH]2)CC1. The van der Waals surface area contributed by atoms with E-state index in [1.54, 1.807) is 7.05 Å². The average molecular weight is 281 g/mol. The van der Waals surface area contributed by atoms with Gasteiger partial charge >= 0.3 is 0 Å². The highest BCUT2D eigenvalue weighted by molar-refractivity contribution is 5.90. The second-order valence-corrected chi connectivity index (χ2v) is 4.74. The molecule has 1 aliphatic rings. The van der Waals surface area contributed by atoms with E-state index in [1.807, 2.05) is 0 Å². The normalized spacial score (nSPS) is 16.9. The molecule has 9 nitrogen and oxygen atoms in total. The monoisotopic (exact) mass is 281 g/mol. The molecule has 0 spiro atoms. The topological polar surface area (TPSA) is 129 Å². The molecule has 2 heterocycles. The van der Waals surface area contributed by atoms with Gasteiger partial charge in [-0.3, -0.25) is 19.6 Å². The Morgan fingerprint density at radius 2 is 2.15 bits per heavy atom. The molecule has 0 unspecified atom stereocenters. The molecule has 1 saturated heterocycles. The number of hydrogen-bond acceptors (Lipinski definition) is 6. The first-order chi connectivity index (χ1) is 9.58. The number of nitrogen functional groups attached to an aromatic ring is 1. The molecule has 1 aromatic rings. The summed E-state index contributed by atoms with van der Waals surface area (Å²) in [6.07, 6.45) is 1.60. The van der Waals surface area contributed by atoms with Gasteiger partial charge in [-0.15, -0.1) is 5.10 Å². The smallest absolute Gasteiger partial charge is 0.288 e. The lowest BCUT2D eigenvalue weighted by Gasteiger charge is -2.31. The molecule has 20 heavy (non-hydrogen) atoms. The van der Waals surface area contributed by atoms with Crippen molar-refractivity contribution in [3.05, 3.63) is 5.82 Å².